The van der Waals surface area contributed by atoms with Gasteiger partial charge in [0.25, 0.3) is 5.91 Å². The molecule has 2 rings (SSSR count). The Morgan fingerprint density at radius 1 is 1.03 bits per heavy atom. The highest BCUT2D eigenvalue weighted by atomic mass is 35.5. The fourth-order valence-corrected chi connectivity index (χ4v) is 3.33. The maximum atomic E-state index is 13.1. The van der Waals surface area contributed by atoms with Crippen LogP contribution in [0.1, 0.15) is 36.2 Å². The van der Waals surface area contributed by atoms with Gasteiger partial charge in [0.2, 0.25) is 11.8 Å². The van der Waals surface area contributed by atoms with Gasteiger partial charge in [-0.25, -0.2) is 4.79 Å². The van der Waals surface area contributed by atoms with E-state index in [4.69, 9.17) is 27.8 Å². The smallest absolute Gasteiger partial charge is 0.326 e. The number of aliphatic carboxylic acids is 1. The van der Waals surface area contributed by atoms with Gasteiger partial charge in [-0.05, 0) is 41.8 Å². The average Bonchev–Trinajstić information content (AvgIpc) is 2.82. The highest BCUT2D eigenvalue weighted by Gasteiger charge is 2.29. The summed E-state index contributed by atoms with van der Waals surface area (Å²) < 4.78 is 5.70. The molecule has 0 heterocycles. The van der Waals surface area contributed by atoms with Gasteiger partial charge in [-0.1, -0.05) is 37.6 Å². The Morgan fingerprint density at radius 3 is 2.24 bits per heavy atom. The molecule has 0 unspecified atom stereocenters. The minimum Gasteiger partial charge on any atom is -0.508 e. The number of amides is 3. The zero-order valence-electron chi connectivity index (χ0n) is 20.4. The molecule has 0 bridgehead atoms. The Balaban J connectivity index is 2.20. The van der Waals surface area contributed by atoms with Crippen molar-refractivity contribution < 1.29 is 34.1 Å². The summed E-state index contributed by atoms with van der Waals surface area (Å²) in [6.45, 7) is 3.93. The van der Waals surface area contributed by atoms with Crippen molar-refractivity contribution in [2.24, 2.45) is 17.4 Å². The molecule has 0 saturated heterocycles. The van der Waals surface area contributed by atoms with E-state index >= 15 is 0 Å². The number of phenols is 1. The summed E-state index contributed by atoms with van der Waals surface area (Å²) in [6, 6.07) is 6.88. The largest absolute Gasteiger partial charge is 0.508 e. The lowest BCUT2D eigenvalue weighted by atomic mass is 10.0. The summed E-state index contributed by atoms with van der Waals surface area (Å²) in [5, 5.41) is 24.0. The minimum atomic E-state index is -1.46. The number of aromatic hydroxyl groups is 1. The number of halogens is 1. The number of primary amides is 1. The van der Waals surface area contributed by atoms with Crippen LogP contribution >= 0.6 is 11.6 Å². The number of carbonyl (C=O) groups is 4. The molecule has 2 aromatic carbocycles. The van der Waals surface area contributed by atoms with Crippen molar-refractivity contribution in [1.82, 2.24) is 10.6 Å². The van der Waals surface area contributed by atoms with Crippen molar-refractivity contribution in [3.8, 4) is 11.5 Å². The highest BCUT2D eigenvalue weighted by molar-refractivity contribution is 6.30. The molecular formula is C25H31ClN4O7. The molecule has 0 aliphatic carbocycles. The molecule has 12 heteroatoms. The van der Waals surface area contributed by atoms with Gasteiger partial charge in [0, 0.05) is 17.5 Å². The first kappa shape index (κ1) is 29.4. The molecule has 11 nitrogen and oxygen atoms in total. The van der Waals surface area contributed by atoms with Crippen molar-refractivity contribution in [1.29, 1.82) is 0 Å². The number of carboxylic acids is 1. The second-order valence-electron chi connectivity index (χ2n) is 8.83. The third-order valence-electron chi connectivity index (χ3n) is 5.49. The van der Waals surface area contributed by atoms with E-state index in [1.54, 1.807) is 0 Å². The van der Waals surface area contributed by atoms with E-state index < -0.39 is 42.2 Å². The Morgan fingerprint density at radius 2 is 1.68 bits per heavy atom. The molecule has 37 heavy (non-hydrogen) atoms. The number of rotatable bonds is 13. The number of nitrogens with one attached hydrogen (secondary N) is 2. The number of nitrogens with two attached hydrogens (primary N) is 2. The van der Waals surface area contributed by atoms with Crippen LogP contribution in [0.25, 0.3) is 0 Å². The van der Waals surface area contributed by atoms with Gasteiger partial charge in [0.15, 0.2) is 0 Å². The second-order valence-corrected chi connectivity index (χ2v) is 9.26. The minimum absolute atomic E-state index is 0.000586. The molecule has 200 valence electrons. The first-order valence-corrected chi connectivity index (χ1v) is 11.8. The van der Waals surface area contributed by atoms with Gasteiger partial charge in [0.1, 0.15) is 30.2 Å². The first-order chi connectivity index (χ1) is 17.4. The zero-order chi connectivity index (χ0) is 27.7. The van der Waals surface area contributed by atoms with Crippen LogP contribution in [0.5, 0.6) is 11.5 Å². The molecule has 0 fully saturated rings. The fraction of sp³-hybridized carbons (Fsp3) is 0.360. The molecule has 3 atom stereocenters. The standard InChI is InChI=1S/C25H31ClN4O7/c1-13(2)18(27)12-37-21-10-15(26)5-8-17(21)23(33)29-19(11-22(28)32)24(34)30-20(25(35)36)9-14-3-6-16(31)7-4-14/h3-8,10,13,18-20,31H,9,11-12,27H2,1-2H3,(H2,28,32)(H,29,33)(H,30,34)(H,35,36)/t18-,19-,20-/m0/s1. The molecule has 0 aromatic heterocycles. The Bertz CT molecular complexity index is 1120. The third-order valence-corrected chi connectivity index (χ3v) is 5.73. The summed E-state index contributed by atoms with van der Waals surface area (Å²) in [6.07, 6.45) is -0.686. The molecule has 0 aliphatic heterocycles. The van der Waals surface area contributed by atoms with E-state index in [0.717, 1.165) is 0 Å². The van der Waals surface area contributed by atoms with Crippen LogP contribution in [-0.4, -0.2) is 58.6 Å². The summed E-state index contributed by atoms with van der Waals surface area (Å²) in [5.74, 6) is -3.67. The lowest BCUT2D eigenvalue weighted by molar-refractivity contribution is -0.142. The number of benzene rings is 2. The van der Waals surface area contributed by atoms with Gasteiger partial charge in [0.05, 0.1) is 12.0 Å². The number of hydrogen-bond acceptors (Lipinski definition) is 7. The summed E-state index contributed by atoms with van der Waals surface area (Å²) in [4.78, 5) is 49.4. The molecule has 0 radical (unpaired) electrons. The number of carbonyl (C=O) groups excluding carboxylic acids is 3. The van der Waals surface area contributed by atoms with Crippen LogP contribution in [-0.2, 0) is 20.8 Å². The van der Waals surface area contributed by atoms with Crippen LogP contribution in [0.3, 0.4) is 0 Å². The second kappa shape index (κ2) is 13.5. The molecular weight excluding hydrogens is 504 g/mol. The van der Waals surface area contributed by atoms with Gasteiger partial charge in [-0.2, -0.15) is 0 Å². The molecule has 2 aromatic rings. The Hall–Kier alpha value is -3.83. The monoisotopic (exact) mass is 534 g/mol. The van der Waals surface area contributed by atoms with Gasteiger partial charge >= 0.3 is 5.97 Å². The van der Waals surface area contributed by atoms with Crippen molar-refractivity contribution in [2.75, 3.05) is 6.61 Å². The van der Waals surface area contributed by atoms with Gasteiger partial charge < -0.3 is 37.1 Å². The zero-order valence-corrected chi connectivity index (χ0v) is 21.2. The number of carboxylic acid groups (broad SMARTS) is 1. The van der Waals surface area contributed by atoms with Crippen LogP contribution in [0, 0.1) is 5.92 Å². The van der Waals surface area contributed by atoms with E-state index in [1.165, 1.54) is 42.5 Å². The van der Waals surface area contributed by atoms with Crippen LogP contribution < -0.4 is 26.8 Å². The molecule has 0 saturated carbocycles. The van der Waals surface area contributed by atoms with E-state index in [0.29, 0.717) is 10.6 Å². The predicted molar refractivity (Wildman–Crippen MR) is 136 cm³/mol. The first-order valence-electron chi connectivity index (χ1n) is 11.5. The SMILES string of the molecule is CC(C)[C@@H](N)COc1cc(Cl)ccc1C(=O)N[C@@H](CC(N)=O)C(=O)N[C@@H](Cc1ccc(O)cc1)C(=O)O. The summed E-state index contributed by atoms with van der Waals surface area (Å²) in [7, 11) is 0. The molecule has 8 N–H and O–H groups in total. The van der Waals surface area contributed by atoms with Crippen LogP contribution in [0.15, 0.2) is 42.5 Å². The predicted octanol–water partition coefficient (Wildman–Crippen LogP) is 1.19. The number of phenolic OH excluding ortho intramolecular Hbond substituents is 1. The molecule has 0 spiro atoms. The van der Waals surface area contributed by atoms with Crippen LogP contribution in [0.4, 0.5) is 0 Å². The number of hydrogen-bond donors (Lipinski definition) is 6. The average molecular weight is 535 g/mol. The topological polar surface area (TPSA) is 194 Å². The molecule has 0 aliphatic rings. The van der Waals surface area contributed by atoms with Crippen molar-refractivity contribution in [2.45, 2.75) is 44.8 Å². The summed E-state index contributed by atoms with van der Waals surface area (Å²) >= 11 is 6.05. The van der Waals surface area contributed by atoms with Crippen molar-refractivity contribution >= 4 is 35.3 Å². The van der Waals surface area contributed by atoms with E-state index in [2.05, 4.69) is 10.6 Å². The lowest BCUT2D eigenvalue weighted by Crippen LogP contribution is -2.53. The highest BCUT2D eigenvalue weighted by Crippen LogP contribution is 2.24. The lowest BCUT2D eigenvalue weighted by Gasteiger charge is -2.22. The molecule has 3 amide bonds. The quantitative estimate of drug-likeness (QED) is 0.220. The maximum absolute atomic E-state index is 13.1. The Kier molecular flexibility index (Phi) is 10.7. The van der Waals surface area contributed by atoms with E-state index in [9.17, 15) is 29.4 Å². The van der Waals surface area contributed by atoms with Gasteiger partial charge in [-0.3, -0.25) is 14.4 Å². The fourth-order valence-electron chi connectivity index (χ4n) is 3.17. The van der Waals surface area contributed by atoms with Crippen molar-refractivity contribution in [3.63, 3.8) is 0 Å². The van der Waals surface area contributed by atoms with E-state index in [-0.39, 0.29) is 42.0 Å². The normalized spacial score (nSPS) is 13.3. The van der Waals surface area contributed by atoms with E-state index in [1.807, 2.05) is 13.8 Å². The summed E-state index contributed by atoms with van der Waals surface area (Å²) in [5.41, 5.74) is 11.8. The van der Waals surface area contributed by atoms with Crippen LogP contribution in [0.2, 0.25) is 5.02 Å². The van der Waals surface area contributed by atoms with Crippen molar-refractivity contribution in [3.05, 3.63) is 58.6 Å². The number of ether oxygens (including phenoxy) is 1. The Labute approximate surface area is 219 Å². The maximum Gasteiger partial charge on any atom is 0.326 e. The van der Waals surface area contributed by atoms with Gasteiger partial charge in [-0.15, -0.1) is 0 Å². The third kappa shape index (κ3) is 9.28.